The predicted octanol–water partition coefficient (Wildman–Crippen LogP) is 1.69. The van der Waals surface area contributed by atoms with E-state index in [0.29, 0.717) is 12.2 Å². The van der Waals surface area contributed by atoms with Gasteiger partial charge in [-0.3, -0.25) is 4.79 Å². The first-order valence-corrected chi connectivity index (χ1v) is 6.33. The van der Waals surface area contributed by atoms with Crippen molar-refractivity contribution in [1.29, 1.82) is 0 Å². The van der Waals surface area contributed by atoms with Crippen LogP contribution in [-0.2, 0) is 4.79 Å². The Hall–Kier alpha value is -1.49. The van der Waals surface area contributed by atoms with E-state index in [1.54, 1.807) is 0 Å². The van der Waals surface area contributed by atoms with Crippen LogP contribution in [-0.4, -0.2) is 41.8 Å². The molecule has 0 amide bonds. The van der Waals surface area contributed by atoms with E-state index in [2.05, 4.69) is 15.2 Å². The summed E-state index contributed by atoms with van der Waals surface area (Å²) in [4.78, 5) is 17.8. The Morgan fingerprint density at radius 1 is 1.39 bits per heavy atom. The summed E-state index contributed by atoms with van der Waals surface area (Å²) >= 11 is 0. The summed E-state index contributed by atoms with van der Waals surface area (Å²) in [6.07, 6.45) is 4.18. The first-order chi connectivity index (χ1) is 8.74. The van der Waals surface area contributed by atoms with Crippen molar-refractivity contribution in [2.24, 2.45) is 0 Å². The van der Waals surface area contributed by atoms with Crippen LogP contribution in [0.25, 0.3) is 0 Å². The number of nitrogens with one attached hydrogen (secondary N) is 1. The zero-order valence-electron chi connectivity index (χ0n) is 10.4. The highest BCUT2D eigenvalue weighted by Gasteiger charge is 2.12. The Morgan fingerprint density at radius 2 is 2.17 bits per heavy atom. The summed E-state index contributed by atoms with van der Waals surface area (Å²) in [5, 5.41) is 2.90. The molecule has 2 heterocycles. The Bertz CT molecular complexity index is 388. The van der Waals surface area contributed by atoms with Crippen LogP contribution in [0.5, 0.6) is 0 Å². The van der Waals surface area contributed by atoms with Crippen molar-refractivity contribution >= 4 is 11.6 Å². The van der Waals surface area contributed by atoms with Crippen molar-refractivity contribution in [1.82, 2.24) is 9.88 Å². The van der Waals surface area contributed by atoms with E-state index in [0.717, 1.165) is 25.8 Å². The first kappa shape index (κ1) is 13.0. The number of pyridine rings is 1. The van der Waals surface area contributed by atoms with E-state index in [1.807, 2.05) is 0 Å². The molecule has 5 heteroatoms. The molecule has 18 heavy (non-hydrogen) atoms. The van der Waals surface area contributed by atoms with Crippen molar-refractivity contribution < 1.29 is 9.18 Å². The van der Waals surface area contributed by atoms with Crippen LogP contribution in [0.4, 0.5) is 10.2 Å². The number of Topliss-reactive ketones (excluding diaryl/α,β-unsaturated/α-hetero) is 1. The van der Waals surface area contributed by atoms with Gasteiger partial charge < -0.3 is 10.2 Å². The smallest absolute Gasteiger partial charge is 0.153 e. The molecular weight excluding hydrogens is 233 g/mol. The van der Waals surface area contributed by atoms with Crippen molar-refractivity contribution in [2.75, 3.05) is 31.5 Å². The molecule has 0 aromatic carbocycles. The van der Waals surface area contributed by atoms with E-state index >= 15 is 0 Å². The summed E-state index contributed by atoms with van der Waals surface area (Å²) in [6, 6.07) is 2.85. The number of rotatable bonds is 6. The molecule has 1 fully saturated rings. The molecule has 1 N–H and O–H groups in total. The van der Waals surface area contributed by atoms with Gasteiger partial charge in [0.15, 0.2) is 5.78 Å². The fourth-order valence-electron chi connectivity index (χ4n) is 2.05. The van der Waals surface area contributed by atoms with Crippen LogP contribution in [0, 0.1) is 5.82 Å². The third-order valence-electron chi connectivity index (χ3n) is 3.10. The first-order valence-electron chi connectivity index (χ1n) is 6.33. The second-order valence-corrected chi connectivity index (χ2v) is 4.55. The largest absolute Gasteiger partial charge is 0.363 e. The summed E-state index contributed by atoms with van der Waals surface area (Å²) < 4.78 is 12.6. The Labute approximate surface area is 106 Å². The molecule has 1 saturated heterocycles. The highest BCUT2D eigenvalue weighted by Crippen LogP contribution is 2.08. The minimum absolute atomic E-state index is 0.160. The zero-order valence-corrected chi connectivity index (χ0v) is 10.4. The minimum atomic E-state index is -0.374. The molecular formula is C13H18FN3O. The number of anilines is 1. The topological polar surface area (TPSA) is 45.2 Å². The van der Waals surface area contributed by atoms with Crippen LogP contribution in [0.15, 0.2) is 18.3 Å². The molecule has 98 valence electrons. The molecule has 1 aliphatic heterocycles. The lowest BCUT2D eigenvalue weighted by Crippen LogP contribution is -2.25. The maximum atomic E-state index is 12.6. The zero-order chi connectivity index (χ0) is 12.8. The van der Waals surface area contributed by atoms with Gasteiger partial charge in [0.1, 0.15) is 11.6 Å². The minimum Gasteiger partial charge on any atom is -0.363 e. The Morgan fingerprint density at radius 3 is 2.83 bits per heavy atom. The lowest BCUT2D eigenvalue weighted by atomic mass is 10.2. The van der Waals surface area contributed by atoms with Crippen LogP contribution >= 0.6 is 0 Å². The van der Waals surface area contributed by atoms with Gasteiger partial charge in [-0.25, -0.2) is 9.37 Å². The van der Waals surface area contributed by atoms with Crippen LogP contribution in [0.1, 0.15) is 19.3 Å². The van der Waals surface area contributed by atoms with Crippen LogP contribution < -0.4 is 5.32 Å². The van der Waals surface area contributed by atoms with Crippen molar-refractivity contribution in [3.63, 3.8) is 0 Å². The predicted molar refractivity (Wildman–Crippen MR) is 68.0 cm³/mol. The van der Waals surface area contributed by atoms with E-state index in [4.69, 9.17) is 0 Å². The number of likely N-dealkylation sites (tertiary alicyclic amines) is 1. The number of carbonyl (C=O) groups excluding carboxylic acids is 1. The monoisotopic (exact) mass is 251 g/mol. The maximum absolute atomic E-state index is 12.6. The molecule has 1 aromatic rings. The quantitative estimate of drug-likeness (QED) is 0.835. The molecule has 0 radical (unpaired) electrons. The van der Waals surface area contributed by atoms with Gasteiger partial charge in [0.2, 0.25) is 0 Å². The van der Waals surface area contributed by atoms with E-state index in [1.165, 1.54) is 25.0 Å². The summed E-state index contributed by atoms with van der Waals surface area (Å²) in [5.74, 6) is 0.319. The lowest BCUT2D eigenvalue weighted by molar-refractivity contribution is -0.117. The number of ketones is 1. The molecule has 0 atom stereocenters. The molecule has 2 rings (SSSR count). The average molecular weight is 251 g/mol. The van der Waals surface area contributed by atoms with Crippen LogP contribution in [0.3, 0.4) is 0 Å². The van der Waals surface area contributed by atoms with Gasteiger partial charge in [-0.2, -0.15) is 0 Å². The molecule has 4 nitrogen and oxygen atoms in total. The standard InChI is InChI=1S/C13H18FN3O/c14-11-3-4-13(15-9-11)16-10-12(18)5-8-17-6-1-2-7-17/h3-4,9H,1-2,5-8,10H2,(H,15,16). The van der Waals surface area contributed by atoms with Crippen LogP contribution in [0.2, 0.25) is 0 Å². The Kier molecular flexibility index (Phi) is 4.64. The van der Waals surface area contributed by atoms with E-state index < -0.39 is 0 Å². The molecule has 0 spiro atoms. The Balaban J connectivity index is 1.66. The summed E-state index contributed by atoms with van der Waals surface area (Å²) in [5.41, 5.74) is 0. The average Bonchev–Trinajstić information content (AvgIpc) is 2.89. The number of nitrogens with zero attached hydrogens (tertiary/aromatic N) is 2. The number of halogens is 1. The van der Waals surface area contributed by atoms with Gasteiger partial charge in [0.25, 0.3) is 0 Å². The molecule has 1 aromatic heterocycles. The number of aromatic nitrogens is 1. The SMILES string of the molecule is O=C(CCN1CCCC1)CNc1ccc(F)cn1. The van der Waals surface area contributed by atoms with Gasteiger partial charge in [-0.05, 0) is 38.1 Å². The van der Waals surface area contributed by atoms with Gasteiger partial charge in [0.05, 0.1) is 12.7 Å². The number of hydrogen-bond acceptors (Lipinski definition) is 4. The summed E-state index contributed by atoms with van der Waals surface area (Å²) in [7, 11) is 0. The third kappa shape index (κ3) is 4.07. The van der Waals surface area contributed by atoms with E-state index in [-0.39, 0.29) is 18.1 Å². The molecule has 0 unspecified atom stereocenters. The number of carbonyl (C=O) groups is 1. The fourth-order valence-corrected chi connectivity index (χ4v) is 2.05. The van der Waals surface area contributed by atoms with Crippen molar-refractivity contribution in [3.05, 3.63) is 24.1 Å². The highest BCUT2D eigenvalue weighted by atomic mass is 19.1. The molecule has 0 bridgehead atoms. The fraction of sp³-hybridized carbons (Fsp3) is 0.538. The molecule has 1 aliphatic rings. The summed E-state index contributed by atoms with van der Waals surface area (Å²) in [6.45, 7) is 3.32. The third-order valence-corrected chi connectivity index (χ3v) is 3.10. The number of hydrogen-bond donors (Lipinski definition) is 1. The highest BCUT2D eigenvalue weighted by molar-refractivity contribution is 5.82. The van der Waals surface area contributed by atoms with Gasteiger partial charge >= 0.3 is 0 Å². The van der Waals surface area contributed by atoms with Gasteiger partial charge in [0, 0.05) is 13.0 Å². The van der Waals surface area contributed by atoms with Crippen molar-refractivity contribution in [2.45, 2.75) is 19.3 Å². The van der Waals surface area contributed by atoms with Crippen molar-refractivity contribution in [3.8, 4) is 0 Å². The maximum Gasteiger partial charge on any atom is 0.153 e. The molecule has 0 saturated carbocycles. The lowest BCUT2D eigenvalue weighted by Gasteiger charge is -2.13. The van der Waals surface area contributed by atoms with Gasteiger partial charge in [-0.1, -0.05) is 0 Å². The second-order valence-electron chi connectivity index (χ2n) is 4.55. The molecule has 0 aliphatic carbocycles. The second kappa shape index (κ2) is 6.44. The van der Waals surface area contributed by atoms with E-state index in [9.17, 15) is 9.18 Å². The normalized spacial score (nSPS) is 15.8. The van der Waals surface area contributed by atoms with Gasteiger partial charge in [-0.15, -0.1) is 0 Å².